The summed E-state index contributed by atoms with van der Waals surface area (Å²) < 4.78 is 100. The van der Waals surface area contributed by atoms with Gasteiger partial charge >= 0.3 is 0 Å². The van der Waals surface area contributed by atoms with E-state index in [-0.39, 0.29) is 63.8 Å². The van der Waals surface area contributed by atoms with Crippen molar-refractivity contribution in [3.05, 3.63) is 145 Å². The van der Waals surface area contributed by atoms with Crippen LogP contribution in [0.25, 0.3) is 76.9 Å². The Labute approximate surface area is 242 Å². The molecule has 1 aromatic heterocycles. The highest BCUT2D eigenvalue weighted by Crippen LogP contribution is 2.44. The summed E-state index contributed by atoms with van der Waals surface area (Å²) in [5, 5.41) is 2.62. The highest BCUT2D eigenvalue weighted by atomic mass is 16.3. The number of furan rings is 1. The van der Waals surface area contributed by atoms with E-state index in [1.807, 2.05) is 36.4 Å². The lowest BCUT2D eigenvalue weighted by atomic mass is 9.85. The largest absolute Gasteiger partial charge is 0.455 e. The van der Waals surface area contributed by atoms with Gasteiger partial charge in [0.2, 0.25) is 0 Å². The van der Waals surface area contributed by atoms with Gasteiger partial charge in [0.05, 0.1) is 15.1 Å². The Morgan fingerprint density at radius 1 is 0.436 bits per heavy atom. The lowest BCUT2D eigenvalue weighted by molar-refractivity contribution is 0.670. The van der Waals surface area contributed by atoms with E-state index in [2.05, 4.69) is 0 Å². The molecule has 0 radical (unpaired) electrons. The number of fused-ring (bicyclic) bond motifs is 5. The Morgan fingerprint density at radius 2 is 1.03 bits per heavy atom. The minimum absolute atomic E-state index is 0.00120. The van der Waals surface area contributed by atoms with Crippen LogP contribution in [0.15, 0.2) is 150 Å². The Balaban J connectivity index is 1.50. The highest BCUT2D eigenvalue weighted by molar-refractivity contribution is 6.21. The summed E-state index contributed by atoms with van der Waals surface area (Å²) in [6.07, 6.45) is 0. The molecule has 8 rings (SSSR count). The minimum Gasteiger partial charge on any atom is -0.455 e. The Morgan fingerprint density at radius 3 is 1.74 bits per heavy atom. The summed E-state index contributed by atoms with van der Waals surface area (Å²) in [6, 6.07) is 20.2. The van der Waals surface area contributed by atoms with Gasteiger partial charge < -0.3 is 4.42 Å². The van der Waals surface area contributed by atoms with E-state index in [0.29, 0.717) is 38.2 Å². The summed E-state index contributed by atoms with van der Waals surface area (Å²) in [5.74, 6) is 0. The zero-order valence-electron chi connectivity index (χ0n) is 31.4. The number of benzene rings is 7. The zero-order valence-corrected chi connectivity index (χ0v) is 20.4. The minimum atomic E-state index is -0.499. The maximum atomic E-state index is 8.96. The van der Waals surface area contributed by atoms with Crippen molar-refractivity contribution in [2.45, 2.75) is 0 Å². The molecule has 0 aliphatic heterocycles. The molecule has 0 N–H and O–H groups in total. The van der Waals surface area contributed by atoms with Gasteiger partial charge in [0.25, 0.3) is 0 Å². The van der Waals surface area contributed by atoms with Crippen LogP contribution in [0.5, 0.6) is 0 Å². The van der Waals surface area contributed by atoms with Crippen LogP contribution >= 0.6 is 0 Å². The van der Waals surface area contributed by atoms with Gasteiger partial charge in [0.1, 0.15) is 11.2 Å². The van der Waals surface area contributed by atoms with Crippen LogP contribution in [0.3, 0.4) is 0 Å². The molecule has 1 heteroatoms. The zero-order chi connectivity index (χ0) is 35.3. The van der Waals surface area contributed by atoms with Crippen LogP contribution in [0, 0.1) is 0 Å². The van der Waals surface area contributed by atoms with Crippen molar-refractivity contribution in [3.63, 3.8) is 0 Å². The molecular weight excluding hydrogens is 472 g/mol. The van der Waals surface area contributed by atoms with Gasteiger partial charge in [-0.1, -0.05) is 133 Å². The summed E-state index contributed by atoms with van der Waals surface area (Å²) in [5.41, 5.74) is 3.22. The summed E-state index contributed by atoms with van der Waals surface area (Å²) in [6.45, 7) is 0. The van der Waals surface area contributed by atoms with Crippen molar-refractivity contribution < 1.29 is 19.5 Å². The first-order valence-electron chi connectivity index (χ1n) is 17.9. The van der Waals surface area contributed by atoms with Crippen LogP contribution in [0.1, 0.15) is 15.1 Å². The smallest absolute Gasteiger partial charge is 0.143 e. The molecule has 8 aromatic rings. The van der Waals surface area contributed by atoms with E-state index in [1.54, 1.807) is 42.5 Å². The first-order valence-corrected chi connectivity index (χ1v) is 12.4. The van der Waals surface area contributed by atoms with Gasteiger partial charge in [-0.05, 0) is 61.5 Å². The SMILES string of the molecule is [2H]c1cc2c(-c3ccccc3)c3cc([2H])c([2H])cc3c(-c3cccc(-c4c([2H])c([2H])c([2H])c5c4oc4c([2H])c([2H])c([2H])c([2H])c45)c3)c2cc1[2H]. The molecule has 0 saturated carbocycles. The topological polar surface area (TPSA) is 13.1 Å². The number of hydrogen-bond acceptors (Lipinski definition) is 1. The molecule has 182 valence electrons. The Kier molecular flexibility index (Phi) is 3.04. The van der Waals surface area contributed by atoms with Crippen LogP contribution in [-0.4, -0.2) is 0 Å². The predicted molar refractivity (Wildman–Crippen MR) is 165 cm³/mol. The fourth-order valence-electron chi connectivity index (χ4n) is 5.47. The average molecular weight is 508 g/mol. The number of hydrogen-bond donors (Lipinski definition) is 0. The van der Waals surface area contributed by atoms with E-state index >= 15 is 0 Å². The summed E-state index contributed by atoms with van der Waals surface area (Å²) in [7, 11) is 0. The fourth-order valence-corrected chi connectivity index (χ4v) is 5.47. The van der Waals surface area contributed by atoms with Gasteiger partial charge in [-0.25, -0.2) is 0 Å². The molecule has 0 amide bonds. The summed E-state index contributed by atoms with van der Waals surface area (Å²) >= 11 is 0. The Hall–Kier alpha value is -5.14. The molecule has 0 unspecified atom stereocenters. The van der Waals surface area contributed by atoms with Crippen LogP contribution < -0.4 is 0 Å². The third-order valence-electron chi connectivity index (χ3n) is 7.13. The van der Waals surface area contributed by atoms with Crippen molar-refractivity contribution in [2.24, 2.45) is 0 Å². The van der Waals surface area contributed by atoms with Crippen LogP contribution in [0.4, 0.5) is 0 Å². The van der Waals surface area contributed by atoms with Crippen molar-refractivity contribution >= 4 is 43.5 Å². The van der Waals surface area contributed by atoms with Crippen molar-refractivity contribution in [2.75, 3.05) is 0 Å². The first kappa shape index (κ1) is 13.6. The van der Waals surface area contributed by atoms with Gasteiger partial charge in [0, 0.05) is 16.3 Å². The Bertz CT molecular complexity index is 2700. The average Bonchev–Trinajstić information content (AvgIpc) is 3.50. The monoisotopic (exact) mass is 507 g/mol. The van der Waals surface area contributed by atoms with Crippen molar-refractivity contribution in [3.8, 4) is 33.4 Å². The predicted octanol–water partition coefficient (Wildman–Crippen LogP) is 10.9. The third kappa shape index (κ3) is 3.41. The summed E-state index contributed by atoms with van der Waals surface area (Å²) in [4.78, 5) is 0. The molecule has 1 heterocycles. The maximum absolute atomic E-state index is 8.96. The van der Waals surface area contributed by atoms with E-state index < -0.39 is 30.2 Å². The van der Waals surface area contributed by atoms with Crippen molar-refractivity contribution in [1.29, 1.82) is 0 Å². The molecule has 0 bridgehead atoms. The second-order valence-electron chi connectivity index (χ2n) is 9.27. The molecular formula is C38H24O. The van der Waals surface area contributed by atoms with Gasteiger partial charge in [-0.2, -0.15) is 0 Å². The van der Waals surface area contributed by atoms with Gasteiger partial charge in [-0.3, -0.25) is 0 Å². The van der Waals surface area contributed by atoms with Crippen molar-refractivity contribution in [1.82, 2.24) is 0 Å². The standard InChI is InChI=1S/C38H24O/c1-2-12-25(13-3-1)36-30-17-4-6-19-32(30)37(33-20-7-5-18-31(33)36)27-15-10-14-26(24-27)28-21-11-22-34-29-16-8-9-23-35(29)39-38(28)34/h1-24H/i4D,5D,6D,7D,8D,9D,11D,16D,21D,22D,23D. The molecule has 0 fully saturated rings. The molecule has 39 heavy (non-hydrogen) atoms. The molecule has 0 aliphatic rings. The van der Waals surface area contributed by atoms with Gasteiger partial charge in [0.15, 0.2) is 0 Å². The van der Waals surface area contributed by atoms with Crippen LogP contribution in [0.2, 0.25) is 0 Å². The lowest BCUT2D eigenvalue weighted by Crippen LogP contribution is -1.91. The van der Waals surface area contributed by atoms with E-state index in [0.717, 1.165) is 11.1 Å². The molecule has 0 spiro atoms. The lowest BCUT2D eigenvalue weighted by Gasteiger charge is -2.18. The maximum Gasteiger partial charge on any atom is 0.143 e. The molecule has 1 nitrogen and oxygen atoms in total. The van der Waals surface area contributed by atoms with E-state index in [9.17, 15) is 0 Å². The first-order chi connectivity index (χ1) is 23.9. The molecule has 0 saturated heterocycles. The second-order valence-corrected chi connectivity index (χ2v) is 9.27. The normalized spacial score (nSPS) is 15.5. The number of para-hydroxylation sites is 2. The second kappa shape index (κ2) is 8.72. The third-order valence-corrected chi connectivity index (χ3v) is 7.13. The molecule has 0 atom stereocenters. The van der Waals surface area contributed by atoms with E-state index in [1.165, 1.54) is 0 Å². The van der Waals surface area contributed by atoms with Crippen LogP contribution in [-0.2, 0) is 0 Å². The van der Waals surface area contributed by atoms with Gasteiger partial charge in [-0.15, -0.1) is 0 Å². The molecule has 7 aromatic carbocycles. The molecule has 0 aliphatic carbocycles. The quantitative estimate of drug-likeness (QED) is 0.217. The highest BCUT2D eigenvalue weighted by Gasteiger charge is 2.17. The number of rotatable bonds is 3. The van der Waals surface area contributed by atoms with E-state index in [4.69, 9.17) is 19.5 Å². The fraction of sp³-hybridized carbons (Fsp3) is 0.